The molecule has 0 radical (unpaired) electrons. The first-order valence-electron chi connectivity index (χ1n) is 8.12. The van der Waals surface area contributed by atoms with Gasteiger partial charge in [-0.1, -0.05) is 46.3 Å². The topological polar surface area (TPSA) is 90.1 Å². The van der Waals surface area contributed by atoms with Gasteiger partial charge in [0.1, 0.15) is 10.6 Å². The summed E-state index contributed by atoms with van der Waals surface area (Å²) in [5.74, 6) is 0.995. The Morgan fingerprint density at radius 2 is 2.11 bits per heavy atom. The Labute approximate surface area is 173 Å². The molecule has 0 saturated heterocycles. The van der Waals surface area contributed by atoms with Crippen LogP contribution < -0.4 is 10.1 Å². The molecule has 10 heteroatoms. The van der Waals surface area contributed by atoms with Crippen LogP contribution in [0.25, 0.3) is 21.5 Å². The van der Waals surface area contributed by atoms with Crippen LogP contribution in [0.15, 0.2) is 46.3 Å². The molecule has 0 fully saturated rings. The van der Waals surface area contributed by atoms with Gasteiger partial charge in [0.15, 0.2) is 11.7 Å². The fraction of sp³-hybridized carbons (Fsp3) is 0.111. The number of nitrogens with zero attached hydrogens (tertiary/aromatic N) is 3. The van der Waals surface area contributed by atoms with Crippen molar-refractivity contribution < 1.29 is 14.1 Å². The molecule has 142 valence electrons. The monoisotopic (exact) mass is 432 g/mol. The van der Waals surface area contributed by atoms with Crippen molar-refractivity contribution in [1.82, 2.24) is 15.1 Å². The van der Waals surface area contributed by atoms with E-state index in [1.54, 1.807) is 24.3 Å². The van der Waals surface area contributed by atoms with Crippen molar-refractivity contribution in [3.05, 3.63) is 52.5 Å². The number of nitrogens with one attached hydrogen (secondary N) is 1. The molecule has 0 saturated carbocycles. The van der Waals surface area contributed by atoms with Crippen LogP contribution in [0.5, 0.6) is 5.75 Å². The number of aromatic nitrogens is 3. The number of para-hydroxylation sites is 1. The standard InChI is InChI=1S/C18H13ClN4O3S2/c1-10-15(17-22-16(23-26-17)13-7-4-8-27-13)28-18(20-10)21-14(24)9-25-12-6-3-2-5-11(12)19/h2-8H,9H2,1H3,(H,20,21,24). The van der Waals surface area contributed by atoms with E-state index < -0.39 is 0 Å². The molecule has 3 aromatic heterocycles. The third kappa shape index (κ3) is 4.06. The molecule has 28 heavy (non-hydrogen) atoms. The zero-order valence-corrected chi connectivity index (χ0v) is 16.9. The number of rotatable bonds is 6. The quantitative estimate of drug-likeness (QED) is 0.466. The Kier molecular flexibility index (Phi) is 5.38. The highest BCUT2D eigenvalue weighted by Crippen LogP contribution is 2.33. The molecule has 1 aromatic carbocycles. The maximum atomic E-state index is 12.2. The van der Waals surface area contributed by atoms with Gasteiger partial charge < -0.3 is 9.26 Å². The first-order valence-corrected chi connectivity index (χ1v) is 10.2. The van der Waals surface area contributed by atoms with Gasteiger partial charge in [-0.15, -0.1) is 11.3 Å². The number of ether oxygens (including phenoxy) is 1. The highest BCUT2D eigenvalue weighted by Gasteiger charge is 2.18. The zero-order chi connectivity index (χ0) is 19.5. The van der Waals surface area contributed by atoms with Crippen molar-refractivity contribution in [1.29, 1.82) is 0 Å². The van der Waals surface area contributed by atoms with E-state index in [2.05, 4.69) is 20.4 Å². The number of aryl methyl sites for hydroxylation is 1. The Morgan fingerprint density at radius 1 is 1.25 bits per heavy atom. The van der Waals surface area contributed by atoms with Gasteiger partial charge in [0.2, 0.25) is 5.82 Å². The van der Waals surface area contributed by atoms with Crippen molar-refractivity contribution in [2.24, 2.45) is 0 Å². The van der Waals surface area contributed by atoms with Gasteiger partial charge in [-0.05, 0) is 30.5 Å². The minimum atomic E-state index is -0.343. The lowest BCUT2D eigenvalue weighted by Gasteiger charge is -2.06. The Bertz CT molecular complexity index is 1110. The number of carbonyl (C=O) groups is 1. The number of thiophene rings is 1. The highest BCUT2D eigenvalue weighted by atomic mass is 35.5. The van der Waals surface area contributed by atoms with E-state index in [9.17, 15) is 4.79 Å². The summed E-state index contributed by atoms with van der Waals surface area (Å²) in [7, 11) is 0. The molecule has 0 bridgehead atoms. The highest BCUT2D eigenvalue weighted by molar-refractivity contribution is 7.19. The van der Waals surface area contributed by atoms with Gasteiger partial charge >= 0.3 is 0 Å². The summed E-state index contributed by atoms with van der Waals surface area (Å²) in [4.78, 5) is 22.5. The Morgan fingerprint density at radius 3 is 2.89 bits per heavy atom. The Balaban J connectivity index is 1.43. The summed E-state index contributed by atoms with van der Waals surface area (Å²) in [5, 5.41) is 9.53. The summed E-state index contributed by atoms with van der Waals surface area (Å²) in [6, 6.07) is 10.8. The molecule has 1 N–H and O–H groups in total. The molecular weight excluding hydrogens is 420 g/mol. The molecule has 0 atom stereocenters. The number of halogens is 1. The van der Waals surface area contributed by atoms with E-state index in [-0.39, 0.29) is 12.5 Å². The van der Waals surface area contributed by atoms with Gasteiger partial charge in [0.05, 0.1) is 15.6 Å². The van der Waals surface area contributed by atoms with Crippen molar-refractivity contribution in [2.75, 3.05) is 11.9 Å². The molecule has 3 heterocycles. The second-order valence-corrected chi connectivity index (χ2v) is 7.96. The van der Waals surface area contributed by atoms with Crippen LogP contribution in [-0.2, 0) is 4.79 Å². The van der Waals surface area contributed by atoms with Crippen molar-refractivity contribution in [3.8, 4) is 27.2 Å². The fourth-order valence-electron chi connectivity index (χ4n) is 2.33. The third-order valence-corrected chi connectivity index (χ3v) is 5.84. The number of thiazole rings is 1. The third-order valence-electron chi connectivity index (χ3n) is 3.60. The van der Waals surface area contributed by atoms with Gasteiger partial charge in [-0.25, -0.2) is 4.98 Å². The summed E-state index contributed by atoms with van der Waals surface area (Å²) in [5.41, 5.74) is 0.689. The molecule has 4 rings (SSSR count). The average molecular weight is 433 g/mol. The van der Waals surface area contributed by atoms with Gasteiger partial charge in [0.25, 0.3) is 11.8 Å². The van der Waals surface area contributed by atoms with Crippen molar-refractivity contribution in [2.45, 2.75) is 6.92 Å². The largest absolute Gasteiger partial charge is 0.482 e. The van der Waals surface area contributed by atoms with E-state index >= 15 is 0 Å². The van der Waals surface area contributed by atoms with Gasteiger partial charge in [-0.2, -0.15) is 4.98 Å². The molecule has 0 aliphatic heterocycles. The van der Waals surface area contributed by atoms with E-state index in [0.717, 1.165) is 4.88 Å². The van der Waals surface area contributed by atoms with E-state index in [1.165, 1.54) is 22.7 Å². The molecule has 0 unspecified atom stereocenters. The smallest absolute Gasteiger partial charge is 0.270 e. The Hall–Kier alpha value is -2.75. The van der Waals surface area contributed by atoms with Gasteiger partial charge in [-0.3, -0.25) is 10.1 Å². The van der Waals surface area contributed by atoms with Crippen molar-refractivity contribution >= 4 is 45.3 Å². The zero-order valence-electron chi connectivity index (χ0n) is 14.5. The van der Waals surface area contributed by atoms with Crippen LogP contribution in [0.2, 0.25) is 5.02 Å². The predicted octanol–water partition coefficient (Wildman–Crippen LogP) is 4.90. The predicted molar refractivity (Wildman–Crippen MR) is 109 cm³/mol. The van der Waals surface area contributed by atoms with E-state index in [4.69, 9.17) is 20.9 Å². The number of amides is 1. The first kappa shape index (κ1) is 18.6. The summed E-state index contributed by atoms with van der Waals surface area (Å²) in [6.07, 6.45) is 0. The maximum absolute atomic E-state index is 12.2. The molecular formula is C18H13ClN4O3S2. The first-order chi connectivity index (χ1) is 13.6. The number of benzene rings is 1. The van der Waals surface area contributed by atoms with Crippen LogP contribution in [-0.4, -0.2) is 27.6 Å². The SMILES string of the molecule is Cc1nc(NC(=O)COc2ccccc2Cl)sc1-c1nc(-c2cccs2)no1. The molecule has 7 nitrogen and oxygen atoms in total. The fourth-order valence-corrected chi connectivity index (χ4v) is 4.07. The lowest BCUT2D eigenvalue weighted by molar-refractivity contribution is -0.118. The second kappa shape index (κ2) is 8.09. The number of anilines is 1. The second-order valence-electron chi connectivity index (χ2n) is 5.60. The van der Waals surface area contributed by atoms with Crippen LogP contribution in [0.3, 0.4) is 0 Å². The number of carbonyl (C=O) groups excluding carboxylic acids is 1. The van der Waals surface area contributed by atoms with E-state index in [0.29, 0.717) is 38.2 Å². The average Bonchev–Trinajstić information content (AvgIpc) is 3.41. The van der Waals surface area contributed by atoms with Crippen LogP contribution in [0.1, 0.15) is 5.69 Å². The summed E-state index contributed by atoms with van der Waals surface area (Å²) in [6.45, 7) is 1.64. The van der Waals surface area contributed by atoms with E-state index in [1.807, 2.05) is 24.4 Å². The molecule has 0 aliphatic carbocycles. The number of hydrogen-bond acceptors (Lipinski definition) is 8. The molecule has 1 amide bonds. The van der Waals surface area contributed by atoms with Crippen LogP contribution >= 0.6 is 34.3 Å². The van der Waals surface area contributed by atoms with Gasteiger partial charge in [0, 0.05) is 0 Å². The minimum absolute atomic E-state index is 0.180. The molecule has 0 spiro atoms. The molecule has 0 aliphatic rings. The molecule has 4 aromatic rings. The number of hydrogen-bond donors (Lipinski definition) is 1. The maximum Gasteiger partial charge on any atom is 0.270 e. The van der Waals surface area contributed by atoms with Crippen LogP contribution in [0.4, 0.5) is 5.13 Å². The summed E-state index contributed by atoms with van der Waals surface area (Å²) < 4.78 is 10.8. The lowest BCUT2D eigenvalue weighted by atomic mass is 10.3. The normalized spacial score (nSPS) is 10.8. The minimum Gasteiger partial charge on any atom is -0.482 e. The van der Waals surface area contributed by atoms with Crippen molar-refractivity contribution in [3.63, 3.8) is 0 Å². The van der Waals surface area contributed by atoms with Crippen LogP contribution in [0, 0.1) is 6.92 Å². The summed E-state index contributed by atoms with van der Waals surface area (Å²) >= 11 is 8.80. The lowest BCUT2D eigenvalue weighted by Crippen LogP contribution is -2.20.